The second-order valence-electron chi connectivity index (χ2n) is 5.78. The van der Waals surface area contributed by atoms with Gasteiger partial charge in [-0.25, -0.2) is 0 Å². The smallest absolute Gasteiger partial charge is 0.250 e. The van der Waals surface area contributed by atoms with Crippen molar-refractivity contribution in [2.45, 2.75) is 32.2 Å². The van der Waals surface area contributed by atoms with Crippen molar-refractivity contribution in [1.29, 1.82) is 0 Å². The van der Waals surface area contributed by atoms with Gasteiger partial charge >= 0.3 is 0 Å². The lowest BCUT2D eigenvalue weighted by Gasteiger charge is -2.15. The minimum atomic E-state index is 0. The van der Waals surface area contributed by atoms with Gasteiger partial charge in [0.25, 0.3) is 0 Å². The molecule has 0 aliphatic heterocycles. The van der Waals surface area contributed by atoms with E-state index >= 15 is 0 Å². The van der Waals surface area contributed by atoms with Crippen molar-refractivity contribution in [1.82, 2.24) is 15.2 Å². The zero-order valence-electron chi connectivity index (χ0n) is 14.8. The van der Waals surface area contributed by atoms with E-state index in [1.54, 1.807) is 35.1 Å². The van der Waals surface area contributed by atoms with E-state index in [9.17, 15) is 4.79 Å². The van der Waals surface area contributed by atoms with Crippen LogP contribution in [0.2, 0.25) is 0 Å². The number of pyridine rings is 1. The van der Waals surface area contributed by atoms with Gasteiger partial charge < -0.3 is 15.2 Å². The molecule has 0 radical (unpaired) electrons. The number of hydrogen-bond donors (Lipinski definition) is 2. The summed E-state index contributed by atoms with van der Waals surface area (Å²) in [6, 6.07) is 7.42. The van der Waals surface area contributed by atoms with Crippen LogP contribution in [0.3, 0.4) is 0 Å². The molecule has 2 heterocycles. The molecule has 5 nitrogen and oxygen atoms in total. The normalized spacial score (nSPS) is 12.3. The molecule has 25 heavy (non-hydrogen) atoms. The highest BCUT2D eigenvalue weighted by molar-refractivity contribution is 14.0. The number of aryl methyl sites for hydroxylation is 1. The van der Waals surface area contributed by atoms with E-state index < -0.39 is 0 Å². The molecule has 1 unspecified atom stereocenters. The van der Waals surface area contributed by atoms with Gasteiger partial charge in [0, 0.05) is 38.9 Å². The molecule has 0 bridgehead atoms. The molecule has 0 aliphatic carbocycles. The molecular formula is C18H27IN4OS. The number of aliphatic imine (C=N–C) groups is 1. The molecule has 2 aromatic heterocycles. The first-order chi connectivity index (χ1) is 11.7. The third-order valence-electron chi connectivity index (χ3n) is 3.93. The Morgan fingerprint density at radius 1 is 1.28 bits per heavy atom. The number of nitrogens with one attached hydrogen (secondary N) is 2. The van der Waals surface area contributed by atoms with E-state index in [-0.39, 0.29) is 29.5 Å². The van der Waals surface area contributed by atoms with Crippen molar-refractivity contribution in [2.24, 2.45) is 4.99 Å². The Hall–Kier alpha value is -1.35. The lowest BCUT2D eigenvalue weighted by Crippen LogP contribution is -2.39. The van der Waals surface area contributed by atoms with Crippen LogP contribution in [0, 0.1) is 0 Å². The number of halogens is 1. The highest BCUT2D eigenvalue weighted by atomic mass is 127. The number of nitrogens with zero attached hydrogens (tertiary/aromatic N) is 2. The second kappa shape index (κ2) is 12.1. The highest BCUT2D eigenvalue weighted by Crippen LogP contribution is 2.16. The quantitative estimate of drug-likeness (QED) is 0.267. The molecule has 0 saturated carbocycles. The first-order valence-corrected chi connectivity index (χ1v) is 9.27. The van der Waals surface area contributed by atoms with Crippen LogP contribution in [0.1, 0.15) is 31.2 Å². The summed E-state index contributed by atoms with van der Waals surface area (Å²) >= 11 is 1.73. The van der Waals surface area contributed by atoms with Crippen molar-refractivity contribution in [3.63, 3.8) is 0 Å². The summed E-state index contributed by atoms with van der Waals surface area (Å²) in [5, 5.41) is 11.0. The van der Waals surface area contributed by atoms with Crippen LogP contribution in [-0.4, -0.2) is 30.7 Å². The van der Waals surface area contributed by atoms with Crippen molar-refractivity contribution in [2.75, 3.05) is 20.1 Å². The van der Waals surface area contributed by atoms with Gasteiger partial charge in [-0.15, -0.1) is 24.0 Å². The second-order valence-corrected chi connectivity index (χ2v) is 6.56. The number of unbranched alkanes of at least 4 members (excludes halogenated alkanes) is 1. The summed E-state index contributed by atoms with van der Waals surface area (Å²) < 4.78 is 1.75. The Morgan fingerprint density at radius 2 is 2.12 bits per heavy atom. The summed E-state index contributed by atoms with van der Waals surface area (Å²) in [7, 11) is 1.79. The van der Waals surface area contributed by atoms with Gasteiger partial charge in [-0.2, -0.15) is 11.3 Å². The molecule has 0 spiro atoms. The lowest BCUT2D eigenvalue weighted by atomic mass is 10.1. The maximum absolute atomic E-state index is 11.6. The van der Waals surface area contributed by atoms with Gasteiger partial charge in [0.15, 0.2) is 5.96 Å². The molecule has 2 N–H and O–H groups in total. The molecule has 0 aromatic carbocycles. The first kappa shape index (κ1) is 21.7. The zero-order chi connectivity index (χ0) is 17.2. The fourth-order valence-electron chi connectivity index (χ4n) is 2.40. The van der Waals surface area contributed by atoms with E-state index in [0.717, 1.165) is 38.4 Å². The van der Waals surface area contributed by atoms with Crippen LogP contribution < -0.4 is 16.2 Å². The average molecular weight is 474 g/mol. The minimum absolute atomic E-state index is 0. The Balaban J connectivity index is 0.00000312. The molecule has 0 saturated heterocycles. The summed E-state index contributed by atoms with van der Waals surface area (Å²) in [5.74, 6) is 1.29. The number of thiophene rings is 1. The van der Waals surface area contributed by atoms with Crippen LogP contribution in [0.4, 0.5) is 0 Å². The third-order valence-corrected chi connectivity index (χ3v) is 4.63. The van der Waals surface area contributed by atoms with Gasteiger partial charge in [0.2, 0.25) is 5.56 Å². The summed E-state index contributed by atoms with van der Waals surface area (Å²) in [6.07, 6.45) is 3.78. The van der Waals surface area contributed by atoms with E-state index in [1.165, 1.54) is 5.56 Å². The Kier molecular flexibility index (Phi) is 10.5. The van der Waals surface area contributed by atoms with Crippen LogP contribution >= 0.6 is 35.3 Å². The largest absolute Gasteiger partial charge is 0.356 e. The van der Waals surface area contributed by atoms with Gasteiger partial charge in [0.1, 0.15) is 0 Å². The monoisotopic (exact) mass is 474 g/mol. The molecule has 2 aromatic rings. The summed E-state index contributed by atoms with van der Waals surface area (Å²) in [6.45, 7) is 4.66. The maximum Gasteiger partial charge on any atom is 0.250 e. The van der Waals surface area contributed by atoms with E-state index in [1.807, 2.05) is 12.3 Å². The SMILES string of the molecule is CN=C(NCCCCn1ccccc1=O)NCC(C)c1ccsc1.I. The van der Waals surface area contributed by atoms with Gasteiger partial charge in [-0.3, -0.25) is 9.79 Å². The molecular weight excluding hydrogens is 447 g/mol. The maximum atomic E-state index is 11.6. The Labute approximate surface area is 170 Å². The molecule has 7 heteroatoms. The van der Waals surface area contributed by atoms with Crippen molar-refractivity contribution < 1.29 is 0 Å². The Morgan fingerprint density at radius 3 is 2.80 bits per heavy atom. The van der Waals surface area contributed by atoms with E-state index in [4.69, 9.17) is 0 Å². The van der Waals surface area contributed by atoms with E-state index in [2.05, 4.69) is 39.4 Å². The molecule has 0 fully saturated rings. The number of rotatable bonds is 8. The van der Waals surface area contributed by atoms with Crippen LogP contribution in [0.15, 0.2) is 51.0 Å². The van der Waals surface area contributed by atoms with Gasteiger partial charge in [-0.1, -0.05) is 13.0 Å². The van der Waals surface area contributed by atoms with Crippen molar-refractivity contribution in [3.8, 4) is 0 Å². The predicted molar refractivity (Wildman–Crippen MR) is 117 cm³/mol. The first-order valence-electron chi connectivity index (χ1n) is 8.33. The van der Waals surface area contributed by atoms with Crippen molar-refractivity contribution in [3.05, 3.63) is 57.1 Å². The number of hydrogen-bond acceptors (Lipinski definition) is 3. The van der Waals surface area contributed by atoms with Crippen LogP contribution in [0.25, 0.3) is 0 Å². The average Bonchev–Trinajstić information content (AvgIpc) is 3.13. The molecule has 1 atom stereocenters. The lowest BCUT2D eigenvalue weighted by molar-refractivity contribution is 0.584. The van der Waals surface area contributed by atoms with Gasteiger partial charge in [0.05, 0.1) is 0 Å². The predicted octanol–water partition coefficient (Wildman–Crippen LogP) is 3.28. The standard InChI is InChI=1S/C18H26N4OS.HI/c1-15(16-8-12-24-14-16)13-21-18(19-2)20-9-4-6-11-22-10-5-3-7-17(22)23;/h3,5,7-8,10,12,14-15H,4,6,9,11,13H2,1-2H3,(H2,19,20,21);1H. The Bertz CT molecular complexity index is 684. The molecule has 0 aliphatic rings. The summed E-state index contributed by atoms with van der Waals surface area (Å²) in [5.41, 5.74) is 1.42. The number of aromatic nitrogens is 1. The minimum Gasteiger partial charge on any atom is -0.356 e. The molecule has 0 amide bonds. The summed E-state index contributed by atoms with van der Waals surface area (Å²) in [4.78, 5) is 15.9. The fourth-order valence-corrected chi connectivity index (χ4v) is 3.19. The highest BCUT2D eigenvalue weighted by Gasteiger charge is 2.06. The number of guanidine groups is 1. The fraction of sp³-hybridized carbons (Fsp3) is 0.444. The van der Waals surface area contributed by atoms with Crippen LogP contribution in [0.5, 0.6) is 0 Å². The van der Waals surface area contributed by atoms with Crippen molar-refractivity contribution >= 4 is 41.3 Å². The zero-order valence-corrected chi connectivity index (χ0v) is 17.9. The third kappa shape index (κ3) is 7.60. The molecule has 2 rings (SSSR count). The van der Waals surface area contributed by atoms with E-state index in [0.29, 0.717) is 5.92 Å². The molecule has 138 valence electrons. The van der Waals surface area contributed by atoms with Gasteiger partial charge in [-0.05, 0) is 47.2 Å². The van der Waals surface area contributed by atoms with Crippen LogP contribution in [-0.2, 0) is 6.54 Å². The topological polar surface area (TPSA) is 58.4 Å².